The lowest BCUT2D eigenvalue weighted by molar-refractivity contribution is 0.419. The fourth-order valence-corrected chi connectivity index (χ4v) is 3.04. The second-order valence-corrected chi connectivity index (χ2v) is 6.18. The van der Waals surface area contributed by atoms with E-state index < -0.39 is 0 Å². The number of piperidine rings is 1. The van der Waals surface area contributed by atoms with Crippen LogP contribution in [0.1, 0.15) is 18.4 Å². The van der Waals surface area contributed by atoms with Gasteiger partial charge in [-0.05, 0) is 52.5 Å². The normalized spacial score (nSPS) is 18.7. The van der Waals surface area contributed by atoms with Crippen molar-refractivity contribution in [1.29, 1.82) is 0 Å². The fraction of sp³-hybridized carbons (Fsp3) is 0.400. The van der Waals surface area contributed by atoms with E-state index in [1.54, 1.807) is 12.4 Å². The molecule has 0 bridgehead atoms. The highest BCUT2D eigenvalue weighted by Crippen LogP contribution is 2.17. The van der Waals surface area contributed by atoms with Gasteiger partial charge >= 0.3 is 0 Å². The Morgan fingerprint density at radius 2 is 2.33 bits per heavy atom. The van der Waals surface area contributed by atoms with Crippen molar-refractivity contribution in [3.05, 3.63) is 46.8 Å². The van der Waals surface area contributed by atoms with E-state index in [1.807, 2.05) is 18.3 Å². The summed E-state index contributed by atoms with van der Waals surface area (Å²) in [6.45, 7) is 2.86. The summed E-state index contributed by atoms with van der Waals surface area (Å²) in [4.78, 5) is 6.49. The molecule has 1 saturated heterocycles. The molecule has 110 valence electrons. The second-order valence-electron chi connectivity index (χ2n) is 5.26. The summed E-state index contributed by atoms with van der Waals surface area (Å²) in [5.74, 6) is 0.966. The van der Waals surface area contributed by atoms with Gasteiger partial charge < -0.3 is 10.2 Å². The number of pyridine rings is 1. The highest BCUT2D eigenvalue weighted by atomic mass is 79.9. The third-order valence-electron chi connectivity index (χ3n) is 3.66. The molecule has 0 amide bonds. The summed E-state index contributed by atoms with van der Waals surface area (Å²) in [6.07, 6.45) is 7.79. The Balaban J connectivity index is 1.57. The lowest BCUT2D eigenvalue weighted by Crippen LogP contribution is -2.45. The average molecular weight is 348 g/mol. The van der Waals surface area contributed by atoms with Gasteiger partial charge in [0.25, 0.3) is 0 Å². The number of nitrogens with zero attached hydrogens (tertiary/aromatic N) is 4. The summed E-state index contributed by atoms with van der Waals surface area (Å²) in [5.41, 5.74) is 1.20. The first kappa shape index (κ1) is 14.4. The van der Waals surface area contributed by atoms with Crippen LogP contribution in [0.2, 0.25) is 0 Å². The van der Waals surface area contributed by atoms with Gasteiger partial charge in [-0.1, -0.05) is 0 Å². The predicted octanol–water partition coefficient (Wildman–Crippen LogP) is 2.39. The molecule has 1 N–H and O–H groups in total. The van der Waals surface area contributed by atoms with Gasteiger partial charge in [0.15, 0.2) is 5.82 Å². The highest BCUT2D eigenvalue weighted by molar-refractivity contribution is 9.10. The minimum atomic E-state index is 0.472. The van der Waals surface area contributed by atoms with E-state index in [1.165, 1.54) is 18.4 Å². The Labute approximate surface area is 132 Å². The first-order valence-corrected chi connectivity index (χ1v) is 7.96. The molecule has 0 aromatic carbocycles. The van der Waals surface area contributed by atoms with Crippen LogP contribution in [-0.2, 0) is 6.54 Å². The minimum absolute atomic E-state index is 0.472. The number of rotatable bonds is 4. The molecular weight excluding hydrogens is 330 g/mol. The van der Waals surface area contributed by atoms with Crippen molar-refractivity contribution in [1.82, 2.24) is 20.5 Å². The number of halogens is 1. The zero-order chi connectivity index (χ0) is 14.5. The maximum atomic E-state index is 4.20. The van der Waals surface area contributed by atoms with E-state index in [0.29, 0.717) is 6.04 Å². The van der Waals surface area contributed by atoms with Crippen molar-refractivity contribution < 1.29 is 0 Å². The van der Waals surface area contributed by atoms with Crippen molar-refractivity contribution in [3.8, 4) is 0 Å². The second kappa shape index (κ2) is 6.95. The predicted molar refractivity (Wildman–Crippen MR) is 86.0 cm³/mol. The smallest absolute Gasteiger partial charge is 0.151 e. The molecule has 1 aliphatic heterocycles. The lowest BCUT2D eigenvalue weighted by atomic mass is 10.1. The van der Waals surface area contributed by atoms with Gasteiger partial charge in [0, 0.05) is 48.7 Å². The molecule has 6 heteroatoms. The van der Waals surface area contributed by atoms with Gasteiger partial charge in [0.1, 0.15) is 0 Å². The number of nitrogens with one attached hydrogen (secondary N) is 1. The average Bonchev–Trinajstić information content (AvgIpc) is 2.54. The van der Waals surface area contributed by atoms with Crippen LogP contribution in [-0.4, -0.2) is 34.3 Å². The van der Waals surface area contributed by atoms with E-state index in [-0.39, 0.29) is 0 Å². The van der Waals surface area contributed by atoms with Crippen LogP contribution in [0.5, 0.6) is 0 Å². The molecule has 0 saturated carbocycles. The van der Waals surface area contributed by atoms with Crippen molar-refractivity contribution in [2.45, 2.75) is 25.4 Å². The zero-order valence-corrected chi connectivity index (χ0v) is 13.3. The molecule has 2 aromatic heterocycles. The number of hydrogen-bond donors (Lipinski definition) is 1. The molecule has 1 atom stereocenters. The maximum absolute atomic E-state index is 4.20. The highest BCUT2D eigenvalue weighted by Gasteiger charge is 2.20. The fourth-order valence-electron chi connectivity index (χ4n) is 2.63. The number of hydrogen-bond acceptors (Lipinski definition) is 5. The van der Waals surface area contributed by atoms with E-state index in [9.17, 15) is 0 Å². The molecule has 1 unspecified atom stereocenters. The topological polar surface area (TPSA) is 53.9 Å². The molecule has 0 aliphatic carbocycles. The Morgan fingerprint density at radius 1 is 1.38 bits per heavy atom. The van der Waals surface area contributed by atoms with E-state index in [2.05, 4.69) is 47.4 Å². The lowest BCUT2D eigenvalue weighted by Gasteiger charge is -2.33. The molecule has 2 aromatic rings. The van der Waals surface area contributed by atoms with Gasteiger partial charge in [0.05, 0.1) is 0 Å². The molecule has 3 heterocycles. The van der Waals surface area contributed by atoms with E-state index in [4.69, 9.17) is 0 Å². The number of aromatic nitrogens is 3. The van der Waals surface area contributed by atoms with Crippen LogP contribution < -0.4 is 10.2 Å². The minimum Gasteiger partial charge on any atom is -0.354 e. The largest absolute Gasteiger partial charge is 0.354 e. The van der Waals surface area contributed by atoms with Crippen molar-refractivity contribution in [2.75, 3.05) is 18.0 Å². The summed E-state index contributed by atoms with van der Waals surface area (Å²) in [5, 5.41) is 11.8. The summed E-state index contributed by atoms with van der Waals surface area (Å²) in [6, 6.07) is 6.53. The van der Waals surface area contributed by atoms with Crippen LogP contribution in [0.3, 0.4) is 0 Å². The summed E-state index contributed by atoms with van der Waals surface area (Å²) >= 11 is 3.45. The van der Waals surface area contributed by atoms with Crippen LogP contribution >= 0.6 is 15.9 Å². The third kappa shape index (κ3) is 3.98. The molecule has 1 aliphatic rings. The van der Waals surface area contributed by atoms with Crippen LogP contribution in [0.25, 0.3) is 0 Å². The SMILES string of the molecule is Brc1cncc(CNC2CCCN(c3cccnn3)C2)c1. The van der Waals surface area contributed by atoms with Crippen molar-refractivity contribution in [2.24, 2.45) is 0 Å². The molecular formula is C15H18BrN5. The Bertz CT molecular complexity index is 577. The molecule has 3 rings (SSSR count). The standard InChI is InChI=1S/C15H18BrN5/c16-13-7-12(8-17-10-13)9-18-14-3-2-6-21(11-14)15-4-1-5-19-20-15/h1,4-5,7-8,10,14,18H,2-3,6,9,11H2. The Morgan fingerprint density at radius 3 is 3.14 bits per heavy atom. The van der Waals surface area contributed by atoms with E-state index in [0.717, 1.165) is 29.9 Å². The summed E-state index contributed by atoms with van der Waals surface area (Å²) < 4.78 is 1.02. The molecule has 21 heavy (non-hydrogen) atoms. The zero-order valence-electron chi connectivity index (χ0n) is 11.7. The first-order valence-electron chi connectivity index (χ1n) is 7.17. The first-order chi connectivity index (χ1) is 10.3. The molecule has 0 radical (unpaired) electrons. The Kier molecular flexibility index (Phi) is 4.77. The third-order valence-corrected chi connectivity index (χ3v) is 4.09. The molecule has 0 spiro atoms. The van der Waals surface area contributed by atoms with Gasteiger partial charge in [-0.25, -0.2) is 0 Å². The van der Waals surface area contributed by atoms with Crippen molar-refractivity contribution >= 4 is 21.7 Å². The van der Waals surface area contributed by atoms with E-state index >= 15 is 0 Å². The van der Waals surface area contributed by atoms with Gasteiger partial charge in [-0.2, -0.15) is 5.10 Å². The molecule has 5 nitrogen and oxygen atoms in total. The molecule has 1 fully saturated rings. The Hall–Kier alpha value is -1.53. The number of anilines is 1. The van der Waals surface area contributed by atoms with Gasteiger partial charge in [0.2, 0.25) is 0 Å². The van der Waals surface area contributed by atoms with Crippen LogP contribution in [0.15, 0.2) is 41.3 Å². The van der Waals surface area contributed by atoms with Gasteiger partial charge in [-0.15, -0.1) is 5.10 Å². The summed E-state index contributed by atoms with van der Waals surface area (Å²) in [7, 11) is 0. The van der Waals surface area contributed by atoms with Crippen LogP contribution in [0, 0.1) is 0 Å². The monoisotopic (exact) mass is 347 g/mol. The van der Waals surface area contributed by atoms with Crippen LogP contribution in [0.4, 0.5) is 5.82 Å². The maximum Gasteiger partial charge on any atom is 0.151 e. The van der Waals surface area contributed by atoms with Crippen molar-refractivity contribution in [3.63, 3.8) is 0 Å². The van der Waals surface area contributed by atoms with Gasteiger partial charge in [-0.3, -0.25) is 4.98 Å². The quantitative estimate of drug-likeness (QED) is 0.920.